The summed E-state index contributed by atoms with van der Waals surface area (Å²) in [5, 5.41) is 0.619. The molecule has 1 atom stereocenters. The molecule has 0 aliphatic rings. The van der Waals surface area contributed by atoms with Gasteiger partial charge in [0.05, 0.1) is 11.1 Å². The third-order valence-electron chi connectivity index (χ3n) is 2.63. The Balaban J connectivity index is 2.42. The predicted octanol–water partition coefficient (Wildman–Crippen LogP) is 3.79. The molecule has 3 N–H and O–H groups in total. The molecule has 2 rings (SSSR count). The van der Waals surface area contributed by atoms with Crippen LogP contribution in [0.5, 0.6) is 0 Å². The molecule has 18 heavy (non-hydrogen) atoms. The maximum Gasteiger partial charge on any atom is 0.123 e. The molecular formula is C13H11BrClFN2. The molecule has 2 aromatic carbocycles. The SMILES string of the molecule is NNC(c1cccc(F)c1)c1ccc(Cl)c(Br)c1. The first-order chi connectivity index (χ1) is 8.61. The summed E-state index contributed by atoms with van der Waals surface area (Å²) in [5.41, 5.74) is 4.34. The Bertz CT molecular complexity index is 562. The maximum absolute atomic E-state index is 13.2. The lowest BCUT2D eigenvalue weighted by Gasteiger charge is -2.17. The molecule has 0 aromatic heterocycles. The minimum absolute atomic E-state index is 0.283. The van der Waals surface area contributed by atoms with Crippen molar-refractivity contribution in [1.82, 2.24) is 5.43 Å². The van der Waals surface area contributed by atoms with E-state index in [9.17, 15) is 4.39 Å². The number of hydrogen-bond acceptors (Lipinski definition) is 2. The highest BCUT2D eigenvalue weighted by molar-refractivity contribution is 9.10. The Labute approximate surface area is 118 Å². The fraction of sp³-hybridized carbons (Fsp3) is 0.0769. The van der Waals surface area contributed by atoms with Gasteiger partial charge in [0.15, 0.2) is 0 Å². The average Bonchev–Trinajstić information content (AvgIpc) is 2.35. The summed E-state index contributed by atoms with van der Waals surface area (Å²) in [6, 6.07) is 11.5. The molecule has 0 aliphatic carbocycles. The molecule has 2 aromatic rings. The minimum Gasteiger partial charge on any atom is -0.271 e. The van der Waals surface area contributed by atoms with Crippen LogP contribution < -0.4 is 11.3 Å². The molecule has 0 fully saturated rings. The molecule has 0 heterocycles. The lowest BCUT2D eigenvalue weighted by Crippen LogP contribution is -2.28. The van der Waals surface area contributed by atoms with Gasteiger partial charge in [0.2, 0.25) is 0 Å². The first-order valence-corrected chi connectivity index (χ1v) is 6.45. The van der Waals surface area contributed by atoms with Gasteiger partial charge in [0, 0.05) is 4.47 Å². The van der Waals surface area contributed by atoms with Crippen molar-refractivity contribution in [2.75, 3.05) is 0 Å². The van der Waals surface area contributed by atoms with Crippen molar-refractivity contribution in [3.63, 3.8) is 0 Å². The van der Waals surface area contributed by atoms with E-state index in [1.165, 1.54) is 12.1 Å². The first kappa shape index (κ1) is 13.5. The summed E-state index contributed by atoms with van der Waals surface area (Å²) in [7, 11) is 0. The maximum atomic E-state index is 13.2. The van der Waals surface area contributed by atoms with Gasteiger partial charge in [-0.15, -0.1) is 0 Å². The van der Waals surface area contributed by atoms with Gasteiger partial charge >= 0.3 is 0 Å². The molecule has 0 saturated heterocycles. The van der Waals surface area contributed by atoms with Crippen LogP contribution in [0.1, 0.15) is 17.2 Å². The van der Waals surface area contributed by atoms with Gasteiger partial charge in [0.25, 0.3) is 0 Å². The average molecular weight is 330 g/mol. The second kappa shape index (κ2) is 5.80. The summed E-state index contributed by atoms with van der Waals surface area (Å²) in [6.07, 6.45) is 0. The van der Waals surface area contributed by atoms with Gasteiger partial charge in [-0.3, -0.25) is 5.84 Å². The van der Waals surface area contributed by atoms with Gasteiger partial charge in [0.1, 0.15) is 5.82 Å². The molecular weight excluding hydrogens is 319 g/mol. The molecule has 94 valence electrons. The zero-order valence-electron chi connectivity index (χ0n) is 9.33. The molecule has 0 bridgehead atoms. The number of nitrogens with two attached hydrogens (primary N) is 1. The Morgan fingerprint density at radius 3 is 2.50 bits per heavy atom. The number of hydrogen-bond donors (Lipinski definition) is 2. The summed E-state index contributed by atoms with van der Waals surface area (Å²) >= 11 is 9.30. The van der Waals surface area contributed by atoms with Crippen molar-refractivity contribution in [3.8, 4) is 0 Å². The van der Waals surface area contributed by atoms with Crippen LogP contribution in [-0.4, -0.2) is 0 Å². The van der Waals surface area contributed by atoms with Crippen LogP contribution in [0.25, 0.3) is 0 Å². The normalized spacial score (nSPS) is 12.4. The topological polar surface area (TPSA) is 38.0 Å². The third-order valence-corrected chi connectivity index (χ3v) is 3.84. The number of nitrogens with one attached hydrogen (secondary N) is 1. The third kappa shape index (κ3) is 2.90. The fourth-order valence-electron chi connectivity index (χ4n) is 1.76. The highest BCUT2D eigenvalue weighted by atomic mass is 79.9. The first-order valence-electron chi connectivity index (χ1n) is 5.28. The second-order valence-electron chi connectivity index (χ2n) is 3.83. The van der Waals surface area contributed by atoms with Crippen molar-refractivity contribution < 1.29 is 4.39 Å². The van der Waals surface area contributed by atoms with Crippen molar-refractivity contribution in [1.29, 1.82) is 0 Å². The van der Waals surface area contributed by atoms with E-state index in [4.69, 9.17) is 17.4 Å². The molecule has 0 radical (unpaired) electrons. The fourth-order valence-corrected chi connectivity index (χ4v) is 2.28. The van der Waals surface area contributed by atoms with E-state index in [0.29, 0.717) is 5.02 Å². The zero-order chi connectivity index (χ0) is 13.1. The van der Waals surface area contributed by atoms with E-state index in [0.717, 1.165) is 15.6 Å². The van der Waals surface area contributed by atoms with Crippen LogP contribution in [0.2, 0.25) is 5.02 Å². The molecule has 1 unspecified atom stereocenters. The van der Waals surface area contributed by atoms with Crippen LogP contribution in [0.15, 0.2) is 46.9 Å². The molecule has 0 aliphatic heterocycles. The number of hydrazine groups is 1. The quantitative estimate of drug-likeness (QED) is 0.664. The van der Waals surface area contributed by atoms with Crippen molar-refractivity contribution in [3.05, 3.63) is 68.9 Å². The molecule has 0 spiro atoms. The number of halogens is 3. The van der Waals surface area contributed by atoms with Crippen molar-refractivity contribution in [2.45, 2.75) is 6.04 Å². The van der Waals surface area contributed by atoms with Gasteiger partial charge < -0.3 is 0 Å². The van der Waals surface area contributed by atoms with E-state index in [1.54, 1.807) is 12.1 Å². The van der Waals surface area contributed by atoms with Gasteiger partial charge in [-0.05, 0) is 51.3 Å². The number of benzene rings is 2. The zero-order valence-corrected chi connectivity index (χ0v) is 11.7. The Morgan fingerprint density at radius 1 is 1.17 bits per heavy atom. The summed E-state index contributed by atoms with van der Waals surface area (Å²) in [6.45, 7) is 0. The molecule has 0 saturated carbocycles. The molecule has 5 heteroatoms. The smallest absolute Gasteiger partial charge is 0.123 e. The van der Waals surface area contributed by atoms with E-state index >= 15 is 0 Å². The Kier molecular flexibility index (Phi) is 4.35. The monoisotopic (exact) mass is 328 g/mol. The standard InChI is InChI=1S/C13H11BrClFN2/c14-11-7-9(4-5-12(11)15)13(18-17)8-2-1-3-10(16)6-8/h1-7,13,18H,17H2. The van der Waals surface area contributed by atoms with E-state index in [2.05, 4.69) is 21.4 Å². The summed E-state index contributed by atoms with van der Waals surface area (Å²) in [5.74, 6) is 5.26. The minimum atomic E-state index is -0.291. The Morgan fingerprint density at radius 2 is 1.89 bits per heavy atom. The highest BCUT2D eigenvalue weighted by Crippen LogP contribution is 2.28. The lowest BCUT2D eigenvalue weighted by molar-refractivity contribution is 0.605. The van der Waals surface area contributed by atoms with Gasteiger partial charge in [-0.1, -0.05) is 29.8 Å². The lowest BCUT2D eigenvalue weighted by atomic mass is 9.99. The molecule has 0 amide bonds. The Hall–Kier alpha value is -0.940. The number of rotatable bonds is 3. The van der Waals surface area contributed by atoms with Crippen molar-refractivity contribution in [2.24, 2.45) is 5.84 Å². The van der Waals surface area contributed by atoms with Crippen LogP contribution in [0.4, 0.5) is 4.39 Å². The van der Waals surface area contributed by atoms with Crippen LogP contribution in [0.3, 0.4) is 0 Å². The van der Waals surface area contributed by atoms with Gasteiger partial charge in [-0.25, -0.2) is 9.82 Å². The van der Waals surface area contributed by atoms with Crippen molar-refractivity contribution >= 4 is 27.5 Å². The van der Waals surface area contributed by atoms with Crippen LogP contribution >= 0.6 is 27.5 Å². The predicted molar refractivity (Wildman–Crippen MR) is 74.7 cm³/mol. The van der Waals surface area contributed by atoms with Gasteiger partial charge in [-0.2, -0.15) is 0 Å². The van der Waals surface area contributed by atoms with Crippen LogP contribution in [-0.2, 0) is 0 Å². The van der Waals surface area contributed by atoms with E-state index in [-0.39, 0.29) is 11.9 Å². The van der Waals surface area contributed by atoms with E-state index in [1.807, 2.05) is 18.2 Å². The largest absolute Gasteiger partial charge is 0.271 e. The van der Waals surface area contributed by atoms with E-state index < -0.39 is 0 Å². The highest BCUT2D eigenvalue weighted by Gasteiger charge is 2.14. The van der Waals surface area contributed by atoms with Crippen LogP contribution in [0, 0.1) is 5.82 Å². The second-order valence-corrected chi connectivity index (χ2v) is 5.09. The summed E-state index contributed by atoms with van der Waals surface area (Å²) in [4.78, 5) is 0. The molecule has 2 nitrogen and oxygen atoms in total. The summed E-state index contributed by atoms with van der Waals surface area (Å²) < 4.78 is 14.0.